The molecule has 4 rings (SSSR count). The van der Waals surface area contributed by atoms with Gasteiger partial charge >= 0.3 is 0 Å². The number of nitrogens with zero attached hydrogens (tertiary/aromatic N) is 2. The molecule has 27 heavy (non-hydrogen) atoms. The van der Waals surface area contributed by atoms with Gasteiger partial charge in [0.05, 0.1) is 16.7 Å². The van der Waals surface area contributed by atoms with Crippen molar-refractivity contribution >= 4 is 28.5 Å². The number of fused-ring (bicyclic) bond motifs is 1. The van der Waals surface area contributed by atoms with Crippen LogP contribution in [0.25, 0.3) is 22.3 Å². The minimum absolute atomic E-state index is 0.174. The molecule has 136 valence electrons. The van der Waals surface area contributed by atoms with E-state index in [1.165, 1.54) is 0 Å². The van der Waals surface area contributed by atoms with Crippen LogP contribution in [0.3, 0.4) is 0 Å². The van der Waals surface area contributed by atoms with Gasteiger partial charge in [-0.25, -0.2) is 4.98 Å². The smallest absolute Gasteiger partial charge is 0.269 e. The van der Waals surface area contributed by atoms with E-state index in [1.54, 1.807) is 18.2 Å². The number of carbonyl (C=O) groups excluding carboxylic acids is 1. The first-order chi connectivity index (χ1) is 13.2. The zero-order chi connectivity index (χ0) is 18.6. The van der Waals surface area contributed by atoms with Crippen molar-refractivity contribution in [1.29, 1.82) is 0 Å². The molecular formula is C20H18ClN5O. The number of rotatable bonds is 6. The number of H-pyrrole nitrogens is 2. The second kappa shape index (κ2) is 7.63. The summed E-state index contributed by atoms with van der Waals surface area (Å²) in [6.45, 7) is 0.561. The normalized spacial score (nSPS) is 11.0. The van der Waals surface area contributed by atoms with Crippen LogP contribution in [0.4, 0.5) is 0 Å². The number of aromatic nitrogens is 4. The number of aromatic amines is 2. The van der Waals surface area contributed by atoms with Crippen LogP contribution in [-0.4, -0.2) is 32.6 Å². The van der Waals surface area contributed by atoms with E-state index in [1.807, 2.05) is 36.4 Å². The van der Waals surface area contributed by atoms with Crippen LogP contribution in [0, 0.1) is 0 Å². The Labute approximate surface area is 161 Å². The lowest BCUT2D eigenvalue weighted by Gasteiger charge is -2.02. The minimum atomic E-state index is -0.174. The summed E-state index contributed by atoms with van der Waals surface area (Å²) in [5.74, 6) is 0.754. The number of halogens is 1. The second-order valence-corrected chi connectivity index (χ2v) is 6.67. The van der Waals surface area contributed by atoms with E-state index in [9.17, 15) is 4.79 Å². The highest BCUT2D eigenvalue weighted by Crippen LogP contribution is 2.20. The number of amides is 1. The van der Waals surface area contributed by atoms with Crippen molar-refractivity contribution < 1.29 is 4.79 Å². The Morgan fingerprint density at radius 1 is 1.11 bits per heavy atom. The SMILES string of the molecule is O=C(NCCCc1nc2ccccc2[nH]1)c1cc(-c2ccc(Cl)cc2)n[nH]1. The lowest BCUT2D eigenvalue weighted by Crippen LogP contribution is -2.25. The number of hydrogen-bond donors (Lipinski definition) is 3. The van der Waals surface area contributed by atoms with Crippen molar-refractivity contribution in [1.82, 2.24) is 25.5 Å². The molecule has 7 heteroatoms. The minimum Gasteiger partial charge on any atom is -0.351 e. The maximum atomic E-state index is 12.3. The van der Waals surface area contributed by atoms with Crippen molar-refractivity contribution in [2.75, 3.05) is 6.54 Å². The predicted molar refractivity (Wildman–Crippen MR) is 106 cm³/mol. The van der Waals surface area contributed by atoms with Crippen LogP contribution >= 0.6 is 11.6 Å². The van der Waals surface area contributed by atoms with Gasteiger partial charge in [0.25, 0.3) is 5.91 Å². The van der Waals surface area contributed by atoms with Gasteiger partial charge in [-0.2, -0.15) is 5.10 Å². The number of para-hydroxylation sites is 2. The molecule has 0 unspecified atom stereocenters. The molecule has 0 bridgehead atoms. The highest BCUT2D eigenvalue weighted by molar-refractivity contribution is 6.30. The lowest BCUT2D eigenvalue weighted by atomic mass is 10.1. The Morgan fingerprint density at radius 2 is 1.93 bits per heavy atom. The Bertz CT molecular complexity index is 1030. The lowest BCUT2D eigenvalue weighted by molar-refractivity contribution is 0.0948. The highest BCUT2D eigenvalue weighted by atomic mass is 35.5. The van der Waals surface area contributed by atoms with E-state index in [2.05, 4.69) is 25.5 Å². The fourth-order valence-electron chi connectivity index (χ4n) is 2.88. The van der Waals surface area contributed by atoms with Crippen LogP contribution in [0.1, 0.15) is 22.7 Å². The van der Waals surface area contributed by atoms with Gasteiger partial charge in [0.1, 0.15) is 11.5 Å². The number of benzene rings is 2. The van der Waals surface area contributed by atoms with Gasteiger partial charge in [-0.05, 0) is 36.8 Å². The summed E-state index contributed by atoms with van der Waals surface area (Å²) in [5, 5.41) is 10.5. The quantitative estimate of drug-likeness (QED) is 0.443. The van der Waals surface area contributed by atoms with E-state index in [0.29, 0.717) is 23.0 Å². The third kappa shape index (κ3) is 4.01. The molecule has 0 spiro atoms. The van der Waals surface area contributed by atoms with E-state index >= 15 is 0 Å². The van der Waals surface area contributed by atoms with E-state index in [4.69, 9.17) is 11.6 Å². The van der Waals surface area contributed by atoms with Gasteiger partial charge in [0, 0.05) is 23.6 Å². The summed E-state index contributed by atoms with van der Waals surface area (Å²) >= 11 is 5.89. The fraction of sp³-hybridized carbons (Fsp3) is 0.150. The number of hydrogen-bond acceptors (Lipinski definition) is 3. The van der Waals surface area contributed by atoms with Gasteiger partial charge < -0.3 is 10.3 Å². The largest absolute Gasteiger partial charge is 0.351 e. The summed E-state index contributed by atoms with van der Waals surface area (Å²) in [6.07, 6.45) is 1.57. The van der Waals surface area contributed by atoms with Crippen LogP contribution in [0.2, 0.25) is 5.02 Å². The maximum absolute atomic E-state index is 12.3. The van der Waals surface area contributed by atoms with Crippen LogP contribution in [0.15, 0.2) is 54.6 Å². The zero-order valence-electron chi connectivity index (χ0n) is 14.5. The van der Waals surface area contributed by atoms with E-state index in [0.717, 1.165) is 35.3 Å². The van der Waals surface area contributed by atoms with Crippen molar-refractivity contribution in [3.05, 3.63) is 71.1 Å². The maximum Gasteiger partial charge on any atom is 0.269 e. The first-order valence-corrected chi connectivity index (χ1v) is 9.10. The Morgan fingerprint density at radius 3 is 2.74 bits per heavy atom. The predicted octanol–water partition coefficient (Wildman–Crippen LogP) is 3.97. The second-order valence-electron chi connectivity index (χ2n) is 6.23. The van der Waals surface area contributed by atoms with E-state index < -0.39 is 0 Å². The summed E-state index contributed by atoms with van der Waals surface area (Å²) < 4.78 is 0. The van der Waals surface area contributed by atoms with Gasteiger partial charge in [-0.1, -0.05) is 35.9 Å². The zero-order valence-corrected chi connectivity index (χ0v) is 15.3. The Kier molecular flexibility index (Phi) is 4.89. The van der Waals surface area contributed by atoms with Crippen LogP contribution in [-0.2, 0) is 6.42 Å². The fourth-order valence-corrected chi connectivity index (χ4v) is 3.01. The van der Waals surface area contributed by atoms with E-state index in [-0.39, 0.29) is 5.91 Å². The van der Waals surface area contributed by atoms with Gasteiger partial charge in [-0.3, -0.25) is 9.89 Å². The van der Waals surface area contributed by atoms with Crippen molar-refractivity contribution in [3.8, 4) is 11.3 Å². The molecular weight excluding hydrogens is 362 g/mol. The molecule has 3 N–H and O–H groups in total. The monoisotopic (exact) mass is 379 g/mol. The number of aryl methyl sites for hydroxylation is 1. The van der Waals surface area contributed by atoms with Gasteiger partial charge in [-0.15, -0.1) is 0 Å². The molecule has 4 aromatic rings. The highest BCUT2D eigenvalue weighted by Gasteiger charge is 2.11. The molecule has 2 aromatic heterocycles. The van der Waals surface area contributed by atoms with Gasteiger partial charge in [0.2, 0.25) is 0 Å². The molecule has 0 aliphatic heterocycles. The molecule has 0 atom stereocenters. The third-order valence-corrected chi connectivity index (χ3v) is 4.53. The summed E-state index contributed by atoms with van der Waals surface area (Å²) in [5.41, 5.74) is 4.04. The Hall–Kier alpha value is -3.12. The molecule has 0 aliphatic carbocycles. The van der Waals surface area contributed by atoms with Crippen LogP contribution < -0.4 is 5.32 Å². The van der Waals surface area contributed by atoms with Crippen LogP contribution in [0.5, 0.6) is 0 Å². The topological polar surface area (TPSA) is 86.5 Å². The van der Waals surface area contributed by atoms with Crippen molar-refractivity contribution in [3.63, 3.8) is 0 Å². The number of imidazole rings is 1. The summed E-state index contributed by atoms with van der Waals surface area (Å²) in [7, 11) is 0. The molecule has 2 heterocycles. The standard InChI is InChI=1S/C20H18ClN5O/c21-14-9-7-13(8-10-14)17-12-18(26-25-17)20(27)22-11-3-6-19-23-15-4-1-2-5-16(15)24-19/h1-2,4-5,7-10,12H,3,6,11H2,(H,22,27)(H,23,24)(H,25,26). The van der Waals surface area contributed by atoms with Gasteiger partial charge in [0.15, 0.2) is 0 Å². The molecule has 6 nitrogen and oxygen atoms in total. The van der Waals surface area contributed by atoms with Crippen molar-refractivity contribution in [2.45, 2.75) is 12.8 Å². The van der Waals surface area contributed by atoms with Crippen molar-refractivity contribution in [2.24, 2.45) is 0 Å². The molecule has 0 radical (unpaired) electrons. The summed E-state index contributed by atoms with van der Waals surface area (Å²) in [4.78, 5) is 20.1. The third-order valence-electron chi connectivity index (χ3n) is 4.28. The molecule has 2 aromatic carbocycles. The first kappa shape index (κ1) is 17.3. The summed E-state index contributed by atoms with van der Waals surface area (Å²) in [6, 6.07) is 17.0. The molecule has 0 saturated heterocycles. The molecule has 0 fully saturated rings. The number of carbonyl (C=O) groups is 1. The first-order valence-electron chi connectivity index (χ1n) is 8.72. The molecule has 0 aliphatic rings. The number of nitrogens with one attached hydrogen (secondary N) is 3. The average Bonchev–Trinajstić information content (AvgIpc) is 3.32. The molecule has 1 amide bonds. The Balaban J connectivity index is 1.30. The average molecular weight is 380 g/mol. The molecule has 0 saturated carbocycles.